The van der Waals surface area contributed by atoms with Gasteiger partial charge in [0, 0.05) is 35.9 Å². The summed E-state index contributed by atoms with van der Waals surface area (Å²) >= 11 is 0.507. The number of para-hydroxylation sites is 1. The van der Waals surface area contributed by atoms with E-state index in [-0.39, 0.29) is 11.9 Å². The van der Waals surface area contributed by atoms with Crippen molar-refractivity contribution < 1.29 is 13.6 Å². The van der Waals surface area contributed by atoms with Crippen LogP contribution in [0.3, 0.4) is 0 Å². The molecule has 1 saturated heterocycles. The van der Waals surface area contributed by atoms with Crippen LogP contribution in [0.4, 0.5) is 26.0 Å². The largest absolute Gasteiger partial charge is 0.356 e. The predicted octanol–water partition coefficient (Wildman–Crippen LogP) is 5.54. The van der Waals surface area contributed by atoms with Crippen LogP contribution in [0.2, 0.25) is 0 Å². The second-order valence-corrected chi connectivity index (χ2v) is 8.56. The van der Waals surface area contributed by atoms with E-state index in [1.54, 1.807) is 36.5 Å². The van der Waals surface area contributed by atoms with E-state index in [2.05, 4.69) is 20.5 Å². The molecular formula is C24H24F2N4OS. The third-order valence-corrected chi connectivity index (χ3v) is 6.06. The molecule has 2 aromatic carbocycles. The van der Waals surface area contributed by atoms with Crippen molar-refractivity contribution in [3.63, 3.8) is 0 Å². The first-order valence-corrected chi connectivity index (χ1v) is 11.3. The van der Waals surface area contributed by atoms with Crippen molar-refractivity contribution in [2.45, 2.75) is 29.5 Å². The number of hydrogen-bond acceptors (Lipinski definition) is 5. The summed E-state index contributed by atoms with van der Waals surface area (Å²) in [6.45, 7) is 1.68. The number of benzene rings is 2. The number of hydrogen-bond donors (Lipinski definition) is 2. The first-order valence-electron chi connectivity index (χ1n) is 10.5. The molecule has 1 fully saturated rings. The highest BCUT2D eigenvalue weighted by atomic mass is 32.2. The number of rotatable bonds is 7. The van der Waals surface area contributed by atoms with Gasteiger partial charge in [0.05, 0.1) is 11.3 Å². The highest BCUT2D eigenvalue weighted by Gasteiger charge is 2.22. The molecule has 0 aliphatic carbocycles. The van der Waals surface area contributed by atoms with Crippen LogP contribution in [0.15, 0.2) is 77.8 Å². The number of halogens is 2. The first kappa shape index (κ1) is 22.1. The molecular weight excluding hydrogens is 430 g/mol. The Kier molecular flexibility index (Phi) is 7.21. The zero-order valence-corrected chi connectivity index (χ0v) is 18.2. The fraction of sp³-hybridized carbons (Fsp3) is 0.250. The van der Waals surface area contributed by atoms with Crippen molar-refractivity contribution in [2.24, 2.45) is 0 Å². The van der Waals surface area contributed by atoms with Crippen LogP contribution < -0.4 is 15.5 Å². The van der Waals surface area contributed by atoms with Gasteiger partial charge in [-0.15, -0.1) is 0 Å². The second-order valence-electron chi connectivity index (χ2n) is 7.50. The lowest BCUT2D eigenvalue weighted by molar-refractivity contribution is 0.0932. The van der Waals surface area contributed by atoms with E-state index in [0.717, 1.165) is 37.4 Å². The monoisotopic (exact) mass is 454 g/mol. The Morgan fingerprint density at radius 3 is 2.41 bits per heavy atom. The summed E-state index contributed by atoms with van der Waals surface area (Å²) in [6, 6.07) is 20.0. The van der Waals surface area contributed by atoms with Gasteiger partial charge in [0.2, 0.25) is 0 Å². The first-order chi connectivity index (χ1) is 15.6. The molecule has 1 aromatic heterocycles. The molecule has 1 aliphatic rings. The molecule has 0 spiro atoms. The van der Waals surface area contributed by atoms with Crippen molar-refractivity contribution in [2.75, 3.05) is 23.3 Å². The summed E-state index contributed by atoms with van der Waals surface area (Å²) in [5.74, 6) is -1.62. The van der Waals surface area contributed by atoms with E-state index in [1.165, 1.54) is 0 Å². The minimum atomic E-state index is -2.45. The van der Waals surface area contributed by atoms with Crippen LogP contribution in [0.5, 0.6) is 0 Å². The quantitative estimate of drug-likeness (QED) is 0.459. The summed E-state index contributed by atoms with van der Waals surface area (Å²) in [6.07, 6.45) is 3.49. The number of alkyl halides is 2. The molecule has 4 rings (SSSR count). The average molecular weight is 455 g/mol. The van der Waals surface area contributed by atoms with Crippen LogP contribution in [-0.4, -0.2) is 35.8 Å². The molecule has 2 N–H and O–H groups in total. The number of amides is 1. The zero-order valence-electron chi connectivity index (χ0n) is 17.4. The van der Waals surface area contributed by atoms with Crippen molar-refractivity contribution in [1.82, 2.24) is 10.3 Å². The van der Waals surface area contributed by atoms with Crippen LogP contribution in [-0.2, 0) is 0 Å². The molecule has 1 aliphatic heterocycles. The lowest BCUT2D eigenvalue weighted by Crippen LogP contribution is -2.45. The number of piperidine rings is 1. The minimum Gasteiger partial charge on any atom is -0.356 e. The molecule has 0 unspecified atom stereocenters. The van der Waals surface area contributed by atoms with E-state index in [4.69, 9.17) is 0 Å². The number of anilines is 3. The van der Waals surface area contributed by atoms with Crippen LogP contribution >= 0.6 is 11.8 Å². The number of thioether (sulfide) groups is 1. The topological polar surface area (TPSA) is 57.3 Å². The maximum absolute atomic E-state index is 13.0. The van der Waals surface area contributed by atoms with E-state index in [9.17, 15) is 13.6 Å². The van der Waals surface area contributed by atoms with Crippen molar-refractivity contribution in [3.05, 3.63) is 78.5 Å². The summed E-state index contributed by atoms with van der Waals surface area (Å²) in [5, 5.41) is 6.38. The van der Waals surface area contributed by atoms with Gasteiger partial charge in [-0.05, 0) is 61.4 Å². The van der Waals surface area contributed by atoms with Gasteiger partial charge in [-0.25, -0.2) is 4.98 Å². The molecule has 2 heterocycles. The zero-order chi connectivity index (χ0) is 22.3. The number of carbonyl (C=O) groups is 1. The normalized spacial score (nSPS) is 14.4. The van der Waals surface area contributed by atoms with E-state index in [1.807, 2.05) is 36.4 Å². The van der Waals surface area contributed by atoms with Gasteiger partial charge in [-0.3, -0.25) is 4.79 Å². The van der Waals surface area contributed by atoms with Gasteiger partial charge in [-0.2, -0.15) is 8.78 Å². The third kappa shape index (κ3) is 5.76. The molecule has 166 valence electrons. The fourth-order valence-electron chi connectivity index (χ4n) is 3.72. The lowest BCUT2D eigenvalue weighted by atomic mass is 10.0. The number of carbonyl (C=O) groups excluding carboxylic acids is 1. The molecule has 1 amide bonds. The van der Waals surface area contributed by atoms with E-state index in [0.29, 0.717) is 27.9 Å². The summed E-state index contributed by atoms with van der Waals surface area (Å²) in [7, 11) is 0. The summed E-state index contributed by atoms with van der Waals surface area (Å²) in [5.41, 5.74) is 1.95. The Morgan fingerprint density at radius 1 is 1.00 bits per heavy atom. The standard InChI is InChI=1S/C24H24F2N4OS/c25-24(26)32-19-10-8-17(9-11-19)28-21-6-2-1-5-20(21)23(31)29-18-12-15-30(16-13-18)22-7-3-4-14-27-22/h1-11,14,18,24,28H,12-13,15-16H2,(H,29,31). The van der Waals surface area contributed by atoms with E-state index < -0.39 is 5.76 Å². The lowest BCUT2D eigenvalue weighted by Gasteiger charge is -2.33. The highest BCUT2D eigenvalue weighted by molar-refractivity contribution is 7.99. The smallest absolute Gasteiger partial charge is 0.288 e. The Balaban J connectivity index is 1.36. The van der Waals surface area contributed by atoms with Crippen LogP contribution in [0, 0.1) is 0 Å². The summed E-state index contributed by atoms with van der Waals surface area (Å²) < 4.78 is 25.0. The molecule has 8 heteroatoms. The van der Waals surface area contributed by atoms with Gasteiger partial charge in [-0.1, -0.05) is 30.0 Å². The molecule has 0 saturated carbocycles. The van der Waals surface area contributed by atoms with Crippen molar-refractivity contribution in [1.29, 1.82) is 0 Å². The molecule has 32 heavy (non-hydrogen) atoms. The number of nitrogens with zero attached hydrogens (tertiary/aromatic N) is 2. The maximum Gasteiger partial charge on any atom is 0.288 e. The number of nitrogens with one attached hydrogen (secondary N) is 2. The molecule has 0 atom stereocenters. The minimum absolute atomic E-state index is 0.0983. The Hall–Kier alpha value is -3.13. The molecule has 5 nitrogen and oxygen atoms in total. The molecule has 0 bridgehead atoms. The maximum atomic E-state index is 13.0. The molecule has 0 radical (unpaired) electrons. The van der Waals surface area contributed by atoms with Crippen LogP contribution in [0.1, 0.15) is 23.2 Å². The van der Waals surface area contributed by atoms with Crippen molar-refractivity contribution in [3.8, 4) is 0 Å². The predicted molar refractivity (Wildman–Crippen MR) is 125 cm³/mol. The number of pyridine rings is 1. The van der Waals surface area contributed by atoms with Gasteiger partial charge >= 0.3 is 0 Å². The van der Waals surface area contributed by atoms with Gasteiger partial charge in [0.1, 0.15) is 5.82 Å². The highest BCUT2D eigenvalue weighted by Crippen LogP contribution is 2.28. The number of aromatic nitrogens is 1. The Morgan fingerprint density at radius 2 is 1.72 bits per heavy atom. The fourth-order valence-corrected chi connectivity index (χ4v) is 4.22. The molecule has 3 aromatic rings. The van der Waals surface area contributed by atoms with Crippen molar-refractivity contribution >= 4 is 34.9 Å². The Labute approximate surface area is 190 Å². The van der Waals surface area contributed by atoms with Gasteiger partial charge < -0.3 is 15.5 Å². The third-order valence-electron chi connectivity index (χ3n) is 5.33. The van der Waals surface area contributed by atoms with Crippen LogP contribution in [0.25, 0.3) is 0 Å². The Bertz CT molecular complexity index is 1030. The van der Waals surface area contributed by atoms with E-state index >= 15 is 0 Å². The van der Waals surface area contributed by atoms with Gasteiger partial charge in [0.15, 0.2) is 0 Å². The SMILES string of the molecule is O=C(NC1CCN(c2ccccn2)CC1)c1ccccc1Nc1ccc(SC(F)F)cc1. The average Bonchev–Trinajstić information content (AvgIpc) is 2.81. The second kappa shape index (κ2) is 10.5. The van der Waals surface area contributed by atoms with Gasteiger partial charge in [0.25, 0.3) is 11.7 Å². The summed E-state index contributed by atoms with van der Waals surface area (Å²) in [4.78, 5) is 20.1.